The van der Waals surface area contributed by atoms with E-state index in [0.29, 0.717) is 29.0 Å². The fourth-order valence-electron chi connectivity index (χ4n) is 3.07. The van der Waals surface area contributed by atoms with Gasteiger partial charge in [0.2, 0.25) is 0 Å². The Balaban J connectivity index is 2.52. The van der Waals surface area contributed by atoms with Crippen LogP contribution < -0.4 is 20.2 Å². The number of benzene rings is 1. The first-order valence-electron chi connectivity index (χ1n) is 9.04. The fourth-order valence-corrected chi connectivity index (χ4v) is 3.07. The number of Topliss-reactive ketones (excluding diaryl/α,β-unsaturated/α-hetero) is 1. The number of nitrogens with zero attached hydrogens (tertiary/aromatic N) is 3. The molecule has 0 aliphatic carbocycles. The van der Waals surface area contributed by atoms with Crippen molar-refractivity contribution < 1.29 is 19.1 Å². The van der Waals surface area contributed by atoms with E-state index >= 15 is 0 Å². The standard InChI is InChI=1S/C20H26N4O4/c1-12(2)5-6-14(13(3)4)9-15-17(28-22)10-18(27-11-23-24-21)19-16(25)7-8-26-20(15)19/h5,10,14H,3,6-9,11,22H2,1-2,4H3. The van der Waals surface area contributed by atoms with Gasteiger partial charge in [-0.1, -0.05) is 28.9 Å². The predicted octanol–water partition coefficient (Wildman–Crippen LogP) is 4.64. The first-order valence-corrected chi connectivity index (χ1v) is 9.04. The summed E-state index contributed by atoms with van der Waals surface area (Å²) in [6.45, 7) is 10.2. The molecular weight excluding hydrogens is 360 g/mol. The number of ketones is 1. The number of nitrogens with two attached hydrogens (primary N) is 1. The van der Waals surface area contributed by atoms with Crippen molar-refractivity contribution in [2.45, 2.75) is 40.0 Å². The van der Waals surface area contributed by atoms with Gasteiger partial charge in [0.1, 0.15) is 17.1 Å². The first-order chi connectivity index (χ1) is 13.4. The molecule has 0 amide bonds. The van der Waals surface area contributed by atoms with Gasteiger partial charge in [-0.15, -0.1) is 0 Å². The second-order valence-electron chi connectivity index (χ2n) is 6.96. The molecule has 2 rings (SSSR count). The molecular formula is C20H26N4O4. The van der Waals surface area contributed by atoms with Crippen LogP contribution >= 0.6 is 0 Å². The van der Waals surface area contributed by atoms with Crippen LogP contribution in [-0.2, 0) is 6.42 Å². The lowest BCUT2D eigenvalue weighted by molar-refractivity contribution is 0.0926. The molecule has 8 heteroatoms. The summed E-state index contributed by atoms with van der Waals surface area (Å²) in [5.41, 5.74) is 11.7. The maximum absolute atomic E-state index is 12.6. The van der Waals surface area contributed by atoms with E-state index in [1.165, 1.54) is 5.57 Å². The molecule has 1 aromatic rings. The summed E-state index contributed by atoms with van der Waals surface area (Å²) in [7, 11) is 0. The van der Waals surface area contributed by atoms with Crippen molar-refractivity contribution in [1.29, 1.82) is 0 Å². The van der Waals surface area contributed by atoms with Crippen LogP contribution in [0, 0.1) is 5.92 Å². The molecule has 1 atom stereocenters. The molecule has 0 aromatic heterocycles. The third kappa shape index (κ3) is 5.06. The van der Waals surface area contributed by atoms with Gasteiger partial charge in [-0.05, 0) is 45.1 Å². The summed E-state index contributed by atoms with van der Waals surface area (Å²) in [5, 5.41) is 3.35. The lowest BCUT2D eigenvalue weighted by atomic mass is 9.87. The fraction of sp³-hybridized carbons (Fsp3) is 0.450. The lowest BCUT2D eigenvalue weighted by Crippen LogP contribution is -2.21. The van der Waals surface area contributed by atoms with E-state index in [1.807, 2.05) is 20.8 Å². The minimum absolute atomic E-state index is 0.0989. The summed E-state index contributed by atoms with van der Waals surface area (Å²) in [5.74, 6) is 6.53. The van der Waals surface area contributed by atoms with Crippen molar-refractivity contribution in [3.63, 3.8) is 0 Å². The number of carbonyl (C=O) groups excluding carboxylic acids is 1. The number of fused-ring (bicyclic) bond motifs is 1. The summed E-state index contributed by atoms with van der Waals surface area (Å²) in [6.07, 6.45) is 3.75. The van der Waals surface area contributed by atoms with Crippen molar-refractivity contribution in [2.75, 3.05) is 13.3 Å². The minimum Gasteiger partial charge on any atom is -0.492 e. The SMILES string of the molecule is C=C(C)C(CC=C(C)C)Cc1c(ON)cc(OCN=[N+]=[N-])c2c1OCCC2=O. The minimum atomic E-state index is -0.255. The number of hydrogen-bond acceptors (Lipinski definition) is 6. The second kappa shape index (κ2) is 9.82. The van der Waals surface area contributed by atoms with Crippen LogP contribution in [0.1, 0.15) is 49.5 Å². The number of ether oxygens (including phenoxy) is 2. The monoisotopic (exact) mass is 386 g/mol. The second-order valence-corrected chi connectivity index (χ2v) is 6.96. The zero-order valence-electron chi connectivity index (χ0n) is 16.5. The Hall–Kier alpha value is -2.96. The largest absolute Gasteiger partial charge is 0.492 e. The number of hydrogen-bond donors (Lipinski definition) is 1. The molecule has 0 saturated heterocycles. The van der Waals surface area contributed by atoms with E-state index < -0.39 is 0 Å². The Morgan fingerprint density at radius 3 is 2.82 bits per heavy atom. The molecule has 0 fully saturated rings. The molecule has 8 nitrogen and oxygen atoms in total. The van der Waals surface area contributed by atoms with E-state index in [-0.39, 0.29) is 37.2 Å². The van der Waals surface area contributed by atoms with E-state index in [1.54, 1.807) is 6.07 Å². The van der Waals surface area contributed by atoms with E-state index in [4.69, 9.17) is 25.7 Å². The predicted molar refractivity (Wildman–Crippen MR) is 106 cm³/mol. The molecule has 1 heterocycles. The number of rotatable bonds is 9. The van der Waals surface area contributed by atoms with Crippen LogP contribution in [0.25, 0.3) is 10.4 Å². The van der Waals surface area contributed by atoms with Gasteiger partial charge in [-0.25, -0.2) is 0 Å². The highest BCUT2D eigenvalue weighted by Gasteiger charge is 2.30. The molecule has 0 saturated carbocycles. The third-order valence-electron chi connectivity index (χ3n) is 4.59. The van der Waals surface area contributed by atoms with Crippen molar-refractivity contribution >= 4 is 5.78 Å². The Morgan fingerprint density at radius 1 is 1.46 bits per heavy atom. The maximum atomic E-state index is 12.6. The zero-order valence-corrected chi connectivity index (χ0v) is 16.5. The summed E-state index contributed by atoms with van der Waals surface area (Å²) in [6, 6.07) is 1.55. The quantitative estimate of drug-likeness (QED) is 0.218. The van der Waals surface area contributed by atoms with Crippen molar-refractivity contribution in [1.82, 2.24) is 0 Å². The van der Waals surface area contributed by atoms with Crippen LogP contribution in [0.5, 0.6) is 17.2 Å². The van der Waals surface area contributed by atoms with Crippen LogP contribution in [0.4, 0.5) is 0 Å². The van der Waals surface area contributed by atoms with Gasteiger partial charge in [-0.2, -0.15) is 5.90 Å². The molecule has 2 N–H and O–H groups in total. The molecule has 1 aliphatic heterocycles. The Kier molecular flexibility index (Phi) is 7.49. The highest BCUT2D eigenvalue weighted by atomic mass is 16.6. The summed E-state index contributed by atoms with van der Waals surface area (Å²) < 4.78 is 11.3. The van der Waals surface area contributed by atoms with E-state index in [2.05, 4.69) is 22.7 Å². The number of allylic oxidation sites excluding steroid dienone is 3. The third-order valence-corrected chi connectivity index (χ3v) is 4.59. The maximum Gasteiger partial charge on any atom is 0.173 e. The molecule has 0 spiro atoms. The zero-order chi connectivity index (χ0) is 20.7. The lowest BCUT2D eigenvalue weighted by Gasteiger charge is -2.26. The molecule has 1 aliphatic rings. The Labute approximate surface area is 164 Å². The Morgan fingerprint density at radius 2 is 2.21 bits per heavy atom. The molecule has 28 heavy (non-hydrogen) atoms. The van der Waals surface area contributed by atoms with Crippen LogP contribution in [0.15, 0.2) is 35.0 Å². The van der Waals surface area contributed by atoms with E-state index in [9.17, 15) is 4.79 Å². The van der Waals surface area contributed by atoms with Gasteiger partial charge in [-0.3, -0.25) is 4.79 Å². The molecule has 1 unspecified atom stereocenters. The number of azide groups is 1. The average Bonchev–Trinajstić information content (AvgIpc) is 2.65. The molecule has 150 valence electrons. The molecule has 0 bridgehead atoms. The van der Waals surface area contributed by atoms with Crippen LogP contribution in [0.3, 0.4) is 0 Å². The average molecular weight is 386 g/mol. The highest BCUT2D eigenvalue weighted by molar-refractivity contribution is 6.03. The smallest absolute Gasteiger partial charge is 0.173 e. The molecule has 1 aromatic carbocycles. The van der Waals surface area contributed by atoms with Gasteiger partial charge >= 0.3 is 0 Å². The highest BCUT2D eigenvalue weighted by Crippen LogP contribution is 2.43. The van der Waals surface area contributed by atoms with Gasteiger partial charge in [0.25, 0.3) is 0 Å². The van der Waals surface area contributed by atoms with Gasteiger partial charge in [0, 0.05) is 23.0 Å². The topological polar surface area (TPSA) is 120 Å². The van der Waals surface area contributed by atoms with Gasteiger partial charge in [0.15, 0.2) is 18.3 Å². The van der Waals surface area contributed by atoms with Crippen molar-refractivity contribution in [3.8, 4) is 17.2 Å². The summed E-state index contributed by atoms with van der Waals surface area (Å²) in [4.78, 5) is 20.3. The first kappa shape index (κ1) is 21.3. The van der Waals surface area contributed by atoms with Crippen LogP contribution in [0.2, 0.25) is 0 Å². The van der Waals surface area contributed by atoms with Crippen molar-refractivity contribution in [3.05, 3.63) is 51.4 Å². The molecule has 0 radical (unpaired) electrons. The normalized spacial score (nSPS) is 13.5. The van der Waals surface area contributed by atoms with Gasteiger partial charge < -0.3 is 14.3 Å². The summed E-state index contributed by atoms with van der Waals surface area (Å²) >= 11 is 0. The van der Waals surface area contributed by atoms with E-state index in [0.717, 1.165) is 12.0 Å². The van der Waals surface area contributed by atoms with Crippen molar-refractivity contribution in [2.24, 2.45) is 16.9 Å². The Bertz CT molecular complexity index is 837. The number of carbonyl (C=O) groups is 1. The van der Waals surface area contributed by atoms with Crippen LogP contribution in [-0.4, -0.2) is 19.1 Å². The van der Waals surface area contributed by atoms with Gasteiger partial charge in [0.05, 0.1) is 6.61 Å².